The Labute approximate surface area is 300 Å². The Kier molecular flexibility index (Phi) is 10.6. The zero-order chi connectivity index (χ0) is 32.6. The van der Waals surface area contributed by atoms with Crippen molar-refractivity contribution >= 4 is 103 Å². The number of hydrogen-bond donors (Lipinski definition) is 0. The van der Waals surface area contributed by atoms with Crippen LogP contribution in [0.5, 0.6) is 5.75 Å². The van der Waals surface area contributed by atoms with E-state index in [0.717, 1.165) is 28.6 Å². The minimum atomic E-state index is -5.00. The molecule has 0 bridgehead atoms. The number of aromatic nitrogens is 1. The first-order valence-corrected chi connectivity index (χ1v) is 17.0. The number of fused-ring (bicyclic) bond motifs is 1. The van der Waals surface area contributed by atoms with Gasteiger partial charge in [-0.15, -0.1) is 0 Å². The fourth-order valence-corrected chi connectivity index (χ4v) is 8.26. The van der Waals surface area contributed by atoms with E-state index in [-0.39, 0.29) is 28.1 Å². The van der Waals surface area contributed by atoms with Crippen molar-refractivity contribution in [2.75, 3.05) is 6.61 Å². The Morgan fingerprint density at radius 1 is 1.04 bits per heavy atom. The number of ether oxygens (including phenoxy) is 2. The largest absolute Gasteiger partial charge is 0.487 e. The number of esters is 1. The SMILES string of the molecule is CCOC(=O)C1=C(C(F)(F)F)N=c2s/c(=C\c3cc(I)c(OCc4ccc(Cl)cc4Cl)c(I)c3)c(=O)n2[C@@H]1c1ccc(Cl)cc1. The van der Waals surface area contributed by atoms with E-state index in [1.165, 1.54) is 31.2 Å². The summed E-state index contributed by atoms with van der Waals surface area (Å²) in [6, 6.07) is 13.1. The van der Waals surface area contributed by atoms with Crippen LogP contribution in [0, 0.1) is 7.14 Å². The predicted molar refractivity (Wildman–Crippen MR) is 185 cm³/mol. The first kappa shape index (κ1) is 34.2. The highest BCUT2D eigenvalue weighted by molar-refractivity contribution is 14.1. The van der Waals surface area contributed by atoms with E-state index in [2.05, 4.69) is 50.2 Å². The molecule has 45 heavy (non-hydrogen) atoms. The summed E-state index contributed by atoms with van der Waals surface area (Å²) in [6.45, 7) is 1.49. The molecule has 0 saturated heterocycles. The van der Waals surface area contributed by atoms with E-state index >= 15 is 0 Å². The zero-order valence-electron chi connectivity index (χ0n) is 22.7. The number of alkyl halides is 3. The van der Waals surface area contributed by atoms with Crippen LogP contribution in [-0.2, 0) is 16.1 Å². The molecule has 1 aliphatic heterocycles. The molecule has 4 aromatic rings. The van der Waals surface area contributed by atoms with Crippen molar-refractivity contribution in [2.24, 2.45) is 4.99 Å². The third-order valence-electron chi connectivity index (χ3n) is 6.49. The van der Waals surface area contributed by atoms with Gasteiger partial charge in [-0.3, -0.25) is 9.36 Å². The summed E-state index contributed by atoms with van der Waals surface area (Å²) in [5.41, 5.74) is -1.23. The first-order chi connectivity index (χ1) is 21.3. The molecule has 1 atom stereocenters. The van der Waals surface area contributed by atoms with Crippen molar-refractivity contribution in [3.63, 3.8) is 0 Å². The second-order valence-corrected chi connectivity index (χ2v) is 14.1. The Morgan fingerprint density at radius 2 is 1.69 bits per heavy atom. The number of rotatable bonds is 7. The molecule has 234 valence electrons. The summed E-state index contributed by atoms with van der Waals surface area (Å²) in [5.74, 6) is -0.625. The topological polar surface area (TPSA) is 69.9 Å². The minimum absolute atomic E-state index is 0.118. The molecule has 1 aromatic heterocycles. The van der Waals surface area contributed by atoms with Crippen LogP contribution in [0.1, 0.15) is 29.7 Å². The van der Waals surface area contributed by atoms with Crippen LogP contribution < -0.4 is 19.6 Å². The van der Waals surface area contributed by atoms with Crippen LogP contribution in [0.25, 0.3) is 6.08 Å². The normalized spacial score (nSPS) is 15.1. The zero-order valence-corrected chi connectivity index (χ0v) is 30.1. The van der Waals surface area contributed by atoms with E-state index in [1.54, 1.807) is 36.4 Å². The summed E-state index contributed by atoms with van der Waals surface area (Å²) in [6.07, 6.45) is -3.44. The van der Waals surface area contributed by atoms with Crippen LogP contribution in [0.15, 0.2) is 75.7 Å². The molecule has 0 aliphatic carbocycles. The number of halogens is 8. The highest BCUT2D eigenvalue weighted by atomic mass is 127. The minimum Gasteiger partial charge on any atom is -0.487 e. The third-order valence-corrected chi connectivity index (χ3v) is 9.91. The van der Waals surface area contributed by atoms with Crippen molar-refractivity contribution in [3.05, 3.63) is 124 Å². The fraction of sp³-hybridized carbons (Fsp3) is 0.167. The third kappa shape index (κ3) is 7.40. The molecule has 6 nitrogen and oxygen atoms in total. The van der Waals surface area contributed by atoms with Crippen LogP contribution in [0.4, 0.5) is 13.2 Å². The van der Waals surface area contributed by atoms with Gasteiger partial charge in [0.2, 0.25) is 0 Å². The first-order valence-electron chi connectivity index (χ1n) is 12.9. The Balaban J connectivity index is 1.61. The highest BCUT2D eigenvalue weighted by Crippen LogP contribution is 2.38. The van der Waals surface area contributed by atoms with Gasteiger partial charge >= 0.3 is 12.1 Å². The second-order valence-electron chi connectivity index (χ2n) is 9.45. The maximum Gasteiger partial charge on any atom is 0.434 e. The van der Waals surface area contributed by atoms with Crippen molar-refractivity contribution in [1.29, 1.82) is 0 Å². The molecule has 0 amide bonds. The van der Waals surface area contributed by atoms with Crippen LogP contribution in [-0.4, -0.2) is 23.3 Å². The molecule has 0 unspecified atom stereocenters. The van der Waals surface area contributed by atoms with Gasteiger partial charge in [0.15, 0.2) is 10.5 Å². The summed E-state index contributed by atoms with van der Waals surface area (Å²) >= 11 is 23.3. The fourth-order valence-electron chi connectivity index (χ4n) is 4.54. The summed E-state index contributed by atoms with van der Waals surface area (Å²) in [4.78, 5) is 30.4. The van der Waals surface area contributed by atoms with E-state index in [1.807, 2.05) is 0 Å². The molecule has 15 heteroatoms. The second kappa shape index (κ2) is 13.9. The predicted octanol–water partition coefficient (Wildman–Crippen LogP) is 8.09. The van der Waals surface area contributed by atoms with Crippen molar-refractivity contribution in [1.82, 2.24) is 4.57 Å². The lowest BCUT2D eigenvalue weighted by Gasteiger charge is -2.26. The summed E-state index contributed by atoms with van der Waals surface area (Å²) in [7, 11) is 0. The number of hydrogen-bond acceptors (Lipinski definition) is 6. The van der Waals surface area contributed by atoms with Crippen LogP contribution >= 0.6 is 91.3 Å². The van der Waals surface area contributed by atoms with Crippen molar-refractivity contribution < 1.29 is 27.4 Å². The lowest BCUT2D eigenvalue weighted by atomic mass is 9.95. The number of benzene rings is 3. The maximum atomic E-state index is 14.3. The number of carbonyl (C=O) groups is 1. The molecule has 0 fully saturated rings. The summed E-state index contributed by atoms with van der Waals surface area (Å²) < 4.78 is 56.7. The van der Waals surface area contributed by atoms with Crippen LogP contribution in [0.3, 0.4) is 0 Å². The monoisotopic (exact) mass is 918 g/mol. The van der Waals surface area contributed by atoms with Gasteiger partial charge in [0.25, 0.3) is 5.56 Å². The van der Waals surface area contributed by atoms with E-state index in [0.29, 0.717) is 26.4 Å². The molecule has 0 radical (unpaired) electrons. The average Bonchev–Trinajstić information content (AvgIpc) is 3.27. The number of allylic oxidation sites excluding steroid dienone is 1. The van der Waals surface area contributed by atoms with Crippen molar-refractivity contribution in [2.45, 2.75) is 25.7 Å². The van der Waals surface area contributed by atoms with E-state index in [9.17, 15) is 22.8 Å². The Hall–Kier alpha value is -2.11. The van der Waals surface area contributed by atoms with Gasteiger partial charge in [0.05, 0.1) is 29.9 Å². The van der Waals surface area contributed by atoms with E-state index < -0.39 is 35.0 Å². The maximum absolute atomic E-state index is 14.3. The summed E-state index contributed by atoms with van der Waals surface area (Å²) in [5, 5.41) is 1.31. The molecule has 0 spiro atoms. The number of thiazole rings is 1. The molecular weight excluding hydrogens is 902 g/mol. The number of carbonyl (C=O) groups excluding carboxylic acids is 1. The molecular formula is C30H18Cl3F3I2N2O4S. The Bertz CT molecular complexity index is 2010. The van der Waals surface area contributed by atoms with Gasteiger partial charge in [-0.2, -0.15) is 13.2 Å². The van der Waals surface area contributed by atoms with Gasteiger partial charge in [-0.05, 0) is 106 Å². The van der Waals surface area contributed by atoms with Crippen molar-refractivity contribution in [3.8, 4) is 5.75 Å². The van der Waals surface area contributed by atoms with Gasteiger partial charge in [-0.25, -0.2) is 9.79 Å². The van der Waals surface area contributed by atoms with Gasteiger partial charge in [0, 0.05) is 20.6 Å². The van der Waals surface area contributed by atoms with E-state index in [4.69, 9.17) is 44.3 Å². The standard InChI is InChI=1S/C30H18Cl3F3I2N2O4S/c1-2-43-28(42)23-24(15-3-6-17(31)7-4-15)40-27(41)22(45-29(40)39-26(23)30(34,35)36)11-14-9-20(37)25(21(38)10-14)44-13-16-5-8-18(32)12-19(16)33/h3-12,24H,2,13H2,1H3/b22-11-/t24-/m1/s1. The molecule has 5 rings (SSSR count). The molecule has 2 heterocycles. The number of nitrogens with zero attached hydrogens (tertiary/aromatic N) is 2. The molecule has 1 aliphatic rings. The van der Waals surface area contributed by atoms with Gasteiger partial charge in [0.1, 0.15) is 12.4 Å². The quantitative estimate of drug-likeness (QED) is 0.139. The lowest BCUT2D eigenvalue weighted by Crippen LogP contribution is -2.41. The molecule has 0 saturated carbocycles. The smallest absolute Gasteiger partial charge is 0.434 e. The van der Waals surface area contributed by atoms with Gasteiger partial charge in [-0.1, -0.05) is 64.3 Å². The van der Waals surface area contributed by atoms with Gasteiger partial charge < -0.3 is 9.47 Å². The lowest BCUT2D eigenvalue weighted by molar-refractivity contribution is -0.140. The molecule has 0 N–H and O–H groups in total. The molecule has 3 aromatic carbocycles. The van der Waals surface area contributed by atoms with Crippen LogP contribution in [0.2, 0.25) is 15.1 Å². The highest BCUT2D eigenvalue weighted by Gasteiger charge is 2.45. The Morgan fingerprint density at radius 3 is 2.29 bits per heavy atom. The average molecular weight is 920 g/mol.